The minimum atomic E-state index is -1.91. The van der Waals surface area contributed by atoms with Crippen LogP contribution in [0.15, 0.2) is 87.8 Å². The van der Waals surface area contributed by atoms with Crippen LogP contribution in [-0.4, -0.2) is 16.8 Å². The SMILES string of the molecule is O=C(/C=C/c1ccccc1)CC1(O)C(=O)N(Cc2ccc(Br)cc2)c2ccc(Br)cc21. The zero-order valence-electron chi connectivity index (χ0n) is 16.5. The van der Waals surface area contributed by atoms with E-state index in [4.69, 9.17) is 0 Å². The van der Waals surface area contributed by atoms with Gasteiger partial charge in [-0.15, -0.1) is 0 Å². The smallest absolute Gasteiger partial charge is 0.264 e. The molecule has 0 aliphatic carbocycles. The minimum absolute atomic E-state index is 0.303. The number of benzene rings is 3. The third-order valence-corrected chi connectivity index (χ3v) is 6.26. The molecule has 1 N–H and O–H groups in total. The summed E-state index contributed by atoms with van der Waals surface area (Å²) in [5, 5.41) is 11.4. The van der Waals surface area contributed by atoms with Crippen molar-refractivity contribution in [2.24, 2.45) is 0 Å². The van der Waals surface area contributed by atoms with Crippen LogP contribution in [0.3, 0.4) is 0 Å². The number of fused-ring (bicyclic) bond motifs is 1. The Bertz CT molecular complexity index is 1160. The summed E-state index contributed by atoms with van der Waals surface area (Å²) in [5.41, 5.74) is 0.932. The molecule has 31 heavy (non-hydrogen) atoms. The van der Waals surface area contributed by atoms with E-state index in [1.807, 2.05) is 60.7 Å². The van der Waals surface area contributed by atoms with E-state index in [0.29, 0.717) is 17.8 Å². The average molecular weight is 541 g/mol. The molecule has 0 saturated heterocycles. The summed E-state index contributed by atoms with van der Waals surface area (Å²) in [6, 6.07) is 22.4. The van der Waals surface area contributed by atoms with E-state index in [9.17, 15) is 14.7 Å². The highest BCUT2D eigenvalue weighted by atomic mass is 79.9. The van der Waals surface area contributed by atoms with E-state index < -0.39 is 11.5 Å². The summed E-state index contributed by atoms with van der Waals surface area (Å²) in [7, 11) is 0. The average Bonchev–Trinajstić information content (AvgIpc) is 2.96. The number of halogens is 2. The van der Waals surface area contributed by atoms with Gasteiger partial charge in [-0.25, -0.2) is 0 Å². The molecule has 0 spiro atoms. The fourth-order valence-electron chi connectivity index (χ4n) is 3.69. The van der Waals surface area contributed by atoms with Crippen molar-refractivity contribution in [2.45, 2.75) is 18.6 Å². The molecule has 1 amide bonds. The minimum Gasteiger partial charge on any atom is -0.375 e. The standard InChI is InChI=1S/C25H19Br2NO3/c26-19-9-6-18(7-10-19)16-28-23-13-11-20(27)14-22(23)25(31,24(28)30)15-21(29)12-8-17-4-2-1-3-5-17/h1-14,31H,15-16H2/b12-8+. The third kappa shape index (κ3) is 4.56. The lowest BCUT2D eigenvalue weighted by atomic mass is 9.89. The number of carbonyl (C=O) groups excluding carboxylic acids is 2. The third-order valence-electron chi connectivity index (χ3n) is 5.24. The highest BCUT2D eigenvalue weighted by Gasteiger charge is 2.50. The zero-order valence-corrected chi connectivity index (χ0v) is 19.6. The number of anilines is 1. The first-order valence-electron chi connectivity index (χ1n) is 9.71. The number of carbonyl (C=O) groups is 2. The Morgan fingerprint density at radius 2 is 1.65 bits per heavy atom. The van der Waals surface area contributed by atoms with Gasteiger partial charge in [0.15, 0.2) is 11.4 Å². The molecule has 3 aromatic carbocycles. The van der Waals surface area contributed by atoms with Crippen LogP contribution in [0.25, 0.3) is 6.08 Å². The molecule has 0 saturated carbocycles. The second kappa shape index (κ2) is 8.91. The lowest BCUT2D eigenvalue weighted by molar-refractivity contribution is -0.140. The van der Waals surface area contributed by atoms with Crippen molar-refractivity contribution >= 4 is 55.3 Å². The molecule has 1 atom stereocenters. The number of aliphatic hydroxyl groups is 1. The normalized spacial score (nSPS) is 17.9. The van der Waals surface area contributed by atoms with Gasteiger partial charge in [0.1, 0.15) is 0 Å². The predicted octanol–water partition coefficient (Wildman–Crippen LogP) is 5.62. The molecule has 3 aromatic rings. The van der Waals surface area contributed by atoms with Crippen molar-refractivity contribution in [1.82, 2.24) is 0 Å². The Labute approximate surface area is 197 Å². The maximum Gasteiger partial charge on any atom is 0.264 e. The Balaban J connectivity index is 1.63. The Morgan fingerprint density at radius 3 is 2.35 bits per heavy atom. The zero-order chi connectivity index (χ0) is 22.0. The molecule has 1 aliphatic heterocycles. The van der Waals surface area contributed by atoms with Gasteiger partial charge >= 0.3 is 0 Å². The fourth-order valence-corrected chi connectivity index (χ4v) is 4.31. The first-order valence-corrected chi connectivity index (χ1v) is 11.3. The molecule has 4 rings (SSSR count). The first kappa shape index (κ1) is 21.7. The van der Waals surface area contributed by atoms with Gasteiger partial charge in [-0.05, 0) is 47.5 Å². The van der Waals surface area contributed by atoms with Gasteiger partial charge in [0.25, 0.3) is 5.91 Å². The number of amides is 1. The van der Waals surface area contributed by atoms with Crippen LogP contribution in [0.5, 0.6) is 0 Å². The lowest BCUT2D eigenvalue weighted by Crippen LogP contribution is -2.41. The van der Waals surface area contributed by atoms with Gasteiger partial charge in [0, 0.05) is 14.5 Å². The molecule has 0 fully saturated rings. The lowest BCUT2D eigenvalue weighted by Gasteiger charge is -2.22. The number of nitrogens with zero attached hydrogens (tertiary/aromatic N) is 1. The highest BCUT2D eigenvalue weighted by Crippen LogP contribution is 2.44. The summed E-state index contributed by atoms with van der Waals surface area (Å²) >= 11 is 6.82. The van der Waals surface area contributed by atoms with Crippen LogP contribution < -0.4 is 4.90 Å². The fraction of sp³-hybridized carbons (Fsp3) is 0.120. The number of hydrogen-bond acceptors (Lipinski definition) is 3. The second-order valence-electron chi connectivity index (χ2n) is 7.43. The first-order chi connectivity index (χ1) is 14.9. The van der Waals surface area contributed by atoms with E-state index in [-0.39, 0.29) is 12.2 Å². The molecule has 0 aromatic heterocycles. The maximum atomic E-state index is 13.4. The van der Waals surface area contributed by atoms with Crippen molar-refractivity contribution in [1.29, 1.82) is 0 Å². The van der Waals surface area contributed by atoms with Crippen molar-refractivity contribution < 1.29 is 14.7 Å². The molecule has 1 heterocycles. The van der Waals surface area contributed by atoms with E-state index >= 15 is 0 Å². The number of ketones is 1. The maximum absolute atomic E-state index is 13.4. The van der Waals surface area contributed by atoms with E-state index in [1.54, 1.807) is 23.1 Å². The number of hydrogen-bond donors (Lipinski definition) is 1. The van der Waals surface area contributed by atoms with Crippen LogP contribution in [0.2, 0.25) is 0 Å². The summed E-state index contributed by atoms with van der Waals surface area (Å²) < 4.78 is 1.68. The topological polar surface area (TPSA) is 57.6 Å². The van der Waals surface area contributed by atoms with Crippen LogP contribution in [-0.2, 0) is 21.7 Å². The van der Waals surface area contributed by atoms with E-state index in [2.05, 4.69) is 31.9 Å². The predicted molar refractivity (Wildman–Crippen MR) is 128 cm³/mol. The summed E-state index contributed by atoms with van der Waals surface area (Å²) in [4.78, 5) is 27.6. The van der Waals surface area contributed by atoms with Crippen LogP contribution >= 0.6 is 31.9 Å². The second-order valence-corrected chi connectivity index (χ2v) is 9.26. The number of rotatable bonds is 6. The van der Waals surface area contributed by atoms with Crippen LogP contribution in [0.4, 0.5) is 5.69 Å². The molecule has 4 nitrogen and oxygen atoms in total. The number of allylic oxidation sites excluding steroid dienone is 1. The monoisotopic (exact) mass is 539 g/mol. The highest BCUT2D eigenvalue weighted by molar-refractivity contribution is 9.10. The van der Waals surface area contributed by atoms with Crippen molar-refractivity contribution in [3.8, 4) is 0 Å². The van der Waals surface area contributed by atoms with Crippen LogP contribution in [0, 0.1) is 0 Å². The Kier molecular flexibility index (Phi) is 6.23. The van der Waals surface area contributed by atoms with Gasteiger partial charge in [0.05, 0.1) is 18.7 Å². The van der Waals surface area contributed by atoms with Crippen molar-refractivity contribution in [3.63, 3.8) is 0 Å². The van der Waals surface area contributed by atoms with Gasteiger partial charge < -0.3 is 10.0 Å². The summed E-state index contributed by atoms with van der Waals surface area (Å²) in [5.74, 6) is -0.818. The molecule has 1 aliphatic rings. The molecular weight excluding hydrogens is 522 g/mol. The van der Waals surface area contributed by atoms with E-state index in [0.717, 1.165) is 20.1 Å². The van der Waals surface area contributed by atoms with Gasteiger partial charge in [-0.3, -0.25) is 9.59 Å². The Hall–Kier alpha value is -2.54. The van der Waals surface area contributed by atoms with Gasteiger partial charge in [-0.2, -0.15) is 0 Å². The van der Waals surface area contributed by atoms with Gasteiger partial charge in [0.2, 0.25) is 0 Å². The quantitative estimate of drug-likeness (QED) is 0.413. The van der Waals surface area contributed by atoms with Crippen molar-refractivity contribution in [2.75, 3.05) is 4.90 Å². The van der Waals surface area contributed by atoms with Crippen molar-refractivity contribution in [3.05, 3.63) is 105 Å². The largest absolute Gasteiger partial charge is 0.375 e. The summed E-state index contributed by atoms with van der Waals surface area (Å²) in [6.45, 7) is 0.303. The molecule has 6 heteroatoms. The Morgan fingerprint density at radius 1 is 0.968 bits per heavy atom. The molecule has 1 unspecified atom stereocenters. The molecular formula is C25H19Br2NO3. The van der Waals surface area contributed by atoms with E-state index in [1.165, 1.54) is 6.08 Å². The molecule has 0 radical (unpaired) electrons. The molecule has 156 valence electrons. The summed E-state index contributed by atoms with van der Waals surface area (Å²) in [6.07, 6.45) is 2.78. The van der Waals surface area contributed by atoms with Crippen LogP contribution in [0.1, 0.15) is 23.1 Å². The van der Waals surface area contributed by atoms with Gasteiger partial charge in [-0.1, -0.05) is 80.4 Å². The molecule has 0 bridgehead atoms.